The Bertz CT molecular complexity index is 882. The molecule has 0 N–H and O–H groups in total. The van der Waals surface area contributed by atoms with Crippen LogP contribution in [0.5, 0.6) is 0 Å². The van der Waals surface area contributed by atoms with Crippen LogP contribution in [0.3, 0.4) is 0 Å². The molecule has 2 amide bonds. The number of hydrogen-bond donors (Lipinski definition) is 0. The number of hydrogen-bond acceptors (Lipinski definition) is 5. The Morgan fingerprint density at radius 1 is 0.971 bits per heavy atom. The molecule has 8 heteroatoms. The van der Waals surface area contributed by atoms with Crippen molar-refractivity contribution < 1.29 is 23.1 Å². The first-order valence-electron chi connectivity index (χ1n) is 12.7. The van der Waals surface area contributed by atoms with E-state index in [9.17, 15) is 14.0 Å². The molecule has 2 aromatic rings. The summed E-state index contributed by atoms with van der Waals surface area (Å²) in [6.07, 6.45) is 5.70. The van der Waals surface area contributed by atoms with Crippen LogP contribution in [0.2, 0.25) is 0 Å². The lowest BCUT2D eigenvalue weighted by Gasteiger charge is -2.30. The first-order valence-corrected chi connectivity index (χ1v) is 12.7. The zero-order chi connectivity index (χ0) is 24.9. The van der Waals surface area contributed by atoms with Crippen LogP contribution >= 0.6 is 0 Å². The second kappa shape index (κ2) is 14.6. The van der Waals surface area contributed by atoms with E-state index in [1.54, 1.807) is 34.3 Å². The zero-order valence-corrected chi connectivity index (χ0v) is 20.8. The number of morpholine rings is 1. The minimum absolute atomic E-state index is 0.0218. The van der Waals surface area contributed by atoms with Gasteiger partial charge in [0, 0.05) is 39.1 Å². The molecular weight excluding hydrogens is 449 g/mol. The summed E-state index contributed by atoms with van der Waals surface area (Å²) in [7, 11) is 0. The Kier molecular flexibility index (Phi) is 11.2. The molecule has 0 aliphatic carbocycles. The molecule has 0 saturated carbocycles. The fourth-order valence-corrected chi connectivity index (χ4v) is 4.18. The van der Waals surface area contributed by atoms with Crippen LogP contribution in [0.15, 0.2) is 47.1 Å². The normalized spacial score (nSPS) is 14.1. The molecule has 3 rings (SSSR count). The minimum Gasteiger partial charge on any atom is -0.467 e. The maximum atomic E-state index is 13.4. The monoisotopic (exact) mass is 487 g/mol. The van der Waals surface area contributed by atoms with Gasteiger partial charge in [0.05, 0.1) is 32.6 Å². The Morgan fingerprint density at radius 3 is 2.43 bits per heavy atom. The molecule has 0 atom stereocenters. The van der Waals surface area contributed by atoms with Crippen molar-refractivity contribution in [2.75, 3.05) is 45.9 Å². The topological polar surface area (TPSA) is 66.2 Å². The van der Waals surface area contributed by atoms with Crippen LogP contribution in [0.1, 0.15) is 50.4 Å². The van der Waals surface area contributed by atoms with Gasteiger partial charge in [-0.2, -0.15) is 0 Å². The van der Waals surface area contributed by atoms with E-state index >= 15 is 0 Å². The van der Waals surface area contributed by atoms with Gasteiger partial charge in [-0.05, 0) is 42.7 Å². The molecule has 1 aromatic heterocycles. The van der Waals surface area contributed by atoms with Crippen LogP contribution in [0, 0.1) is 5.82 Å². The summed E-state index contributed by atoms with van der Waals surface area (Å²) < 4.78 is 24.3. The average Bonchev–Trinajstić information content (AvgIpc) is 3.38. The molecule has 7 nitrogen and oxygen atoms in total. The molecule has 2 heterocycles. The standard InChI is InChI=1S/C27H38FN3O4/c1-2-3-4-8-26(32)30(14-6-13-29-15-18-34-19-16-29)22-27(33)31(21-25-7-5-17-35-25)20-23-9-11-24(28)12-10-23/h5,7,9-12,17H,2-4,6,8,13-16,18-22H2,1H3. The molecule has 192 valence electrons. The summed E-state index contributed by atoms with van der Waals surface area (Å²) in [5.74, 6) is 0.213. The molecule has 1 aliphatic rings. The Labute approximate surface area is 207 Å². The second-order valence-electron chi connectivity index (χ2n) is 9.04. The number of nitrogens with zero attached hydrogens (tertiary/aromatic N) is 3. The molecule has 0 unspecified atom stereocenters. The number of furan rings is 1. The zero-order valence-electron chi connectivity index (χ0n) is 20.8. The minimum atomic E-state index is -0.318. The summed E-state index contributed by atoms with van der Waals surface area (Å²) in [5.41, 5.74) is 0.819. The third kappa shape index (κ3) is 9.45. The molecular formula is C27H38FN3O4. The summed E-state index contributed by atoms with van der Waals surface area (Å²) in [6, 6.07) is 9.73. The van der Waals surface area contributed by atoms with E-state index in [1.807, 2.05) is 6.07 Å². The lowest BCUT2D eigenvalue weighted by molar-refractivity contribution is -0.141. The highest BCUT2D eigenvalue weighted by Crippen LogP contribution is 2.14. The fraction of sp³-hybridized carbons (Fsp3) is 0.556. The van der Waals surface area contributed by atoms with Crippen LogP contribution in [0.4, 0.5) is 4.39 Å². The summed E-state index contributed by atoms with van der Waals surface area (Å²) in [6.45, 7) is 7.43. The molecule has 1 aromatic carbocycles. The molecule has 1 aliphatic heterocycles. The van der Waals surface area contributed by atoms with Crippen molar-refractivity contribution in [3.05, 3.63) is 59.8 Å². The van der Waals surface area contributed by atoms with Gasteiger partial charge in [0.15, 0.2) is 0 Å². The lowest BCUT2D eigenvalue weighted by Crippen LogP contribution is -2.44. The van der Waals surface area contributed by atoms with E-state index in [4.69, 9.17) is 9.15 Å². The SMILES string of the molecule is CCCCCC(=O)N(CCCN1CCOCC1)CC(=O)N(Cc1ccc(F)cc1)Cc1ccco1. The highest BCUT2D eigenvalue weighted by atomic mass is 19.1. The van der Waals surface area contributed by atoms with Gasteiger partial charge in [-0.25, -0.2) is 4.39 Å². The molecule has 1 saturated heterocycles. The van der Waals surface area contributed by atoms with Gasteiger partial charge in [-0.1, -0.05) is 31.9 Å². The summed E-state index contributed by atoms with van der Waals surface area (Å²) >= 11 is 0. The number of carbonyl (C=O) groups is 2. The van der Waals surface area contributed by atoms with Crippen molar-refractivity contribution in [3.8, 4) is 0 Å². The smallest absolute Gasteiger partial charge is 0.242 e. The summed E-state index contributed by atoms with van der Waals surface area (Å²) in [5, 5.41) is 0. The quantitative estimate of drug-likeness (QED) is 0.376. The molecule has 0 radical (unpaired) electrons. The third-order valence-corrected chi connectivity index (χ3v) is 6.25. The number of unbranched alkanes of at least 4 members (excludes halogenated alkanes) is 2. The number of ether oxygens (including phenoxy) is 1. The fourth-order valence-electron chi connectivity index (χ4n) is 4.18. The van der Waals surface area contributed by atoms with E-state index in [0.717, 1.165) is 64.1 Å². The van der Waals surface area contributed by atoms with Gasteiger partial charge in [-0.3, -0.25) is 14.5 Å². The maximum absolute atomic E-state index is 13.4. The Balaban J connectivity index is 1.65. The van der Waals surface area contributed by atoms with Gasteiger partial charge in [0.2, 0.25) is 11.8 Å². The van der Waals surface area contributed by atoms with Gasteiger partial charge >= 0.3 is 0 Å². The van der Waals surface area contributed by atoms with E-state index in [-0.39, 0.29) is 30.7 Å². The Hall–Kier alpha value is -2.71. The first-order chi connectivity index (χ1) is 17.0. The van der Waals surface area contributed by atoms with Crippen LogP contribution in [0.25, 0.3) is 0 Å². The van der Waals surface area contributed by atoms with Crippen molar-refractivity contribution in [3.63, 3.8) is 0 Å². The van der Waals surface area contributed by atoms with E-state index in [2.05, 4.69) is 11.8 Å². The Morgan fingerprint density at radius 2 is 1.74 bits per heavy atom. The number of amides is 2. The van der Waals surface area contributed by atoms with Gasteiger partial charge < -0.3 is 19.0 Å². The van der Waals surface area contributed by atoms with Gasteiger partial charge in [0.1, 0.15) is 11.6 Å². The number of benzene rings is 1. The average molecular weight is 488 g/mol. The van der Waals surface area contributed by atoms with Crippen molar-refractivity contribution in [1.82, 2.24) is 14.7 Å². The summed E-state index contributed by atoms with van der Waals surface area (Å²) in [4.78, 5) is 32.2. The van der Waals surface area contributed by atoms with Gasteiger partial charge in [-0.15, -0.1) is 0 Å². The molecule has 35 heavy (non-hydrogen) atoms. The van der Waals surface area contributed by atoms with Crippen LogP contribution < -0.4 is 0 Å². The largest absolute Gasteiger partial charge is 0.467 e. The van der Waals surface area contributed by atoms with Crippen molar-refractivity contribution in [2.45, 2.75) is 52.1 Å². The molecule has 1 fully saturated rings. The predicted octanol–water partition coefficient (Wildman–Crippen LogP) is 4.08. The lowest BCUT2D eigenvalue weighted by atomic mass is 10.1. The van der Waals surface area contributed by atoms with Gasteiger partial charge in [0.25, 0.3) is 0 Å². The molecule has 0 spiro atoms. The van der Waals surface area contributed by atoms with Crippen molar-refractivity contribution in [2.24, 2.45) is 0 Å². The number of carbonyl (C=O) groups excluding carboxylic acids is 2. The third-order valence-electron chi connectivity index (χ3n) is 6.25. The highest BCUT2D eigenvalue weighted by Gasteiger charge is 2.23. The predicted molar refractivity (Wildman–Crippen MR) is 132 cm³/mol. The maximum Gasteiger partial charge on any atom is 0.242 e. The van der Waals surface area contributed by atoms with E-state index in [0.29, 0.717) is 25.3 Å². The second-order valence-corrected chi connectivity index (χ2v) is 9.04. The van der Waals surface area contributed by atoms with Crippen molar-refractivity contribution in [1.29, 1.82) is 0 Å². The highest BCUT2D eigenvalue weighted by molar-refractivity contribution is 5.84. The van der Waals surface area contributed by atoms with Crippen molar-refractivity contribution >= 4 is 11.8 Å². The number of rotatable bonds is 14. The first kappa shape index (κ1) is 26.9. The van der Waals surface area contributed by atoms with Crippen LogP contribution in [-0.4, -0.2) is 72.5 Å². The van der Waals surface area contributed by atoms with E-state index in [1.165, 1.54) is 12.1 Å². The van der Waals surface area contributed by atoms with E-state index < -0.39 is 0 Å². The molecule has 0 bridgehead atoms. The number of halogens is 1. The van der Waals surface area contributed by atoms with Crippen LogP contribution in [-0.2, 0) is 27.4 Å².